The summed E-state index contributed by atoms with van der Waals surface area (Å²) >= 11 is 5.12. The lowest BCUT2D eigenvalue weighted by Gasteiger charge is -2.11. The van der Waals surface area contributed by atoms with Crippen LogP contribution in [0.1, 0.15) is 11.1 Å². The molecule has 0 spiro atoms. The number of benzene rings is 1. The van der Waals surface area contributed by atoms with Crippen molar-refractivity contribution in [3.63, 3.8) is 0 Å². The van der Waals surface area contributed by atoms with Gasteiger partial charge < -0.3 is 4.90 Å². The molecule has 5 heteroatoms. The van der Waals surface area contributed by atoms with Crippen LogP contribution in [0.25, 0.3) is 6.08 Å². The molecule has 2 rings (SSSR count). The zero-order chi connectivity index (χ0) is 13.3. The van der Waals surface area contributed by atoms with Gasteiger partial charge in [0.05, 0.1) is 11.6 Å². The molecule has 1 aromatic carbocycles. The number of thiocarbonyl (C=S) groups is 1. The van der Waals surface area contributed by atoms with Gasteiger partial charge >= 0.3 is 0 Å². The molecule has 1 aliphatic rings. The van der Waals surface area contributed by atoms with Crippen molar-refractivity contribution in [3.05, 3.63) is 41.1 Å². The first kappa shape index (κ1) is 12.3. The molecule has 1 heterocycles. The quantitative estimate of drug-likeness (QED) is 0.566. The van der Waals surface area contributed by atoms with E-state index < -0.39 is 0 Å². The van der Waals surface area contributed by atoms with Gasteiger partial charge in [0, 0.05) is 14.1 Å². The Balaban J connectivity index is 2.36. The van der Waals surface area contributed by atoms with E-state index in [0.29, 0.717) is 16.4 Å². The fourth-order valence-corrected chi connectivity index (χ4v) is 1.88. The maximum atomic E-state index is 11.9. The number of carbonyl (C=O) groups is 1. The normalized spacial score (nSPS) is 17.5. The van der Waals surface area contributed by atoms with Crippen molar-refractivity contribution in [2.75, 3.05) is 14.1 Å². The van der Waals surface area contributed by atoms with Gasteiger partial charge in [-0.2, -0.15) is 5.26 Å². The van der Waals surface area contributed by atoms with Crippen molar-refractivity contribution in [1.82, 2.24) is 9.80 Å². The Labute approximate surface area is 111 Å². The molecule has 0 bridgehead atoms. The van der Waals surface area contributed by atoms with E-state index in [-0.39, 0.29) is 5.91 Å². The van der Waals surface area contributed by atoms with Gasteiger partial charge in [0.2, 0.25) is 0 Å². The molecule has 0 saturated carbocycles. The summed E-state index contributed by atoms with van der Waals surface area (Å²) in [6.45, 7) is 0. The third-order valence-electron chi connectivity index (χ3n) is 2.80. The Hall–Kier alpha value is -2.19. The molecule has 0 radical (unpaired) electrons. The van der Waals surface area contributed by atoms with E-state index in [9.17, 15) is 4.79 Å². The lowest BCUT2D eigenvalue weighted by Crippen LogP contribution is -2.26. The van der Waals surface area contributed by atoms with Gasteiger partial charge in [0.1, 0.15) is 5.70 Å². The molecule has 1 amide bonds. The van der Waals surface area contributed by atoms with E-state index in [4.69, 9.17) is 17.5 Å². The van der Waals surface area contributed by atoms with Crippen LogP contribution in [0.5, 0.6) is 0 Å². The molecule has 0 aromatic heterocycles. The van der Waals surface area contributed by atoms with Crippen LogP contribution in [0.4, 0.5) is 0 Å². The molecule has 18 heavy (non-hydrogen) atoms. The Morgan fingerprint density at radius 1 is 1.22 bits per heavy atom. The van der Waals surface area contributed by atoms with Gasteiger partial charge in [-0.3, -0.25) is 9.69 Å². The molecule has 0 aliphatic carbocycles. The number of rotatable bonds is 1. The molecule has 90 valence electrons. The molecule has 1 aromatic rings. The molecule has 1 saturated heterocycles. The summed E-state index contributed by atoms with van der Waals surface area (Å²) in [7, 11) is 3.42. The molecule has 1 fully saturated rings. The van der Waals surface area contributed by atoms with Crippen LogP contribution in [0.15, 0.2) is 30.0 Å². The molecule has 4 nitrogen and oxygen atoms in total. The van der Waals surface area contributed by atoms with E-state index >= 15 is 0 Å². The minimum Gasteiger partial charge on any atom is -0.317 e. The van der Waals surface area contributed by atoms with Crippen molar-refractivity contribution >= 4 is 29.3 Å². The average molecular weight is 257 g/mol. The van der Waals surface area contributed by atoms with Crippen LogP contribution in [-0.2, 0) is 4.79 Å². The van der Waals surface area contributed by atoms with Crippen LogP contribution < -0.4 is 0 Å². The van der Waals surface area contributed by atoms with Crippen molar-refractivity contribution < 1.29 is 4.79 Å². The molecule has 0 atom stereocenters. The second kappa shape index (κ2) is 4.59. The summed E-state index contributed by atoms with van der Waals surface area (Å²) < 4.78 is 0. The highest BCUT2D eigenvalue weighted by molar-refractivity contribution is 7.80. The molecular weight excluding hydrogens is 246 g/mol. The summed E-state index contributed by atoms with van der Waals surface area (Å²) in [5.74, 6) is -0.119. The van der Waals surface area contributed by atoms with Gasteiger partial charge in [0.15, 0.2) is 5.11 Å². The second-order valence-electron chi connectivity index (χ2n) is 3.97. The topological polar surface area (TPSA) is 47.3 Å². The van der Waals surface area contributed by atoms with Gasteiger partial charge in [-0.15, -0.1) is 0 Å². The number of nitriles is 1. The second-order valence-corrected chi connectivity index (χ2v) is 4.33. The third kappa shape index (κ3) is 1.98. The van der Waals surface area contributed by atoms with Gasteiger partial charge in [-0.25, -0.2) is 0 Å². The van der Waals surface area contributed by atoms with E-state index in [1.165, 1.54) is 4.90 Å². The molecule has 1 aliphatic heterocycles. The lowest BCUT2D eigenvalue weighted by atomic mass is 10.1. The highest BCUT2D eigenvalue weighted by Gasteiger charge is 2.32. The monoisotopic (exact) mass is 257 g/mol. The highest BCUT2D eigenvalue weighted by Crippen LogP contribution is 2.20. The lowest BCUT2D eigenvalue weighted by molar-refractivity contribution is -0.121. The Kier molecular flexibility index (Phi) is 3.13. The van der Waals surface area contributed by atoms with Crippen LogP contribution in [0, 0.1) is 11.3 Å². The van der Waals surface area contributed by atoms with Gasteiger partial charge in [-0.05, 0) is 36.0 Å². The van der Waals surface area contributed by atoms with Crippen molar-refractivity contribution in [2.45, 2.75) is 0 Å². The van der Waals surface area contributed by atoms with Crippen LogP contribution in [0.2, 0.25) is 0 Å². The smallest absolute Gasteiger partial charge is 0.276 e. The van der Waals surface area contributed by atoms with Crippen molar-refractivity contribution in [1.29, 1.82) is 5.26 Å². The maximum absolute atomic E-state index is 11.9. The predicted octanol–water partition coefficient (Wildman–Crippen LogP) is 1.59. The Morgan fingerprint density at radius 2 is 1.83 bits per heavy atom. The summed E-state index contributed by atoms with van der Waals surface area (Å²) in [5.41, 5.74) is 1.99. The largest absolute Gasteiger partial charge is 0.317 e. The van der Waals surface area contributed by atoms with E-state index in [2.05, 4.69) is 6.07 Å². The summed E-state index contributed by atoms with van der Waals surface area (Å²) in [6.07, 6.45) is 1.76. The minimum absolute atomic E-state index is 0.119. The number of carbonyl (C=O) groups excluding carboxylic acids is 1. The van der Waals surface area contributed by atoms with E-state index in [0.717, 1.165) is 5.56 Å². The first-order valence-electron chi connectivity index (χ1n) is 5.32. The highest BCUT2D eigenvalue weighted by atomic mass is 32.1. The Bertz CT molecular complexity index is 583. The number of likely N-dealkylation sites (N-methyl/N-ethyl adjacent to an activating group) is 2. The number of hydrogen-bond acceptors (Lipinski definition) is 3. The van der Waals surface area contributed by atoms with Gasteiger partial charge in [-0.1, -0.05) is 12.1 Å². The molecule has 0 N–H and O–H groups in total. The molecule has 0 unspecified atom stereocenters. The van der Waals surface area contributed by atoms with Crippen molar-refractivity contribution in [3.8, 4) is 6.07 Å². The van der Waals surface area contributed by atoms with Crippen LogP contribution >= 0.6 is 12.2 Å². The number of nitrogens with zero attached hydrogens (tertiary/aromatic N) is 3. The summed E-state index contributed by atoms with van der Waals surface area (Å²) in [6, 6.07) is 9.08. The SMILES string of the molecule is CN1C(=O)/C(=C/c2ccc(C#N)cc2)N(C)C1=S. The number of amides is 1. The summed E-state index contributed by atoms with van der Waals surface area (Å²) in [5, 5.41) is 9.20. The summed E-state index contributed by atoms with van der Waals surface area (Å²) in [4.78, 5) is 15.0. The standard InChI is InChI=1S/C13H11N3OS/c1-15-11(12(17)16(2)13(15)18)7-9-3-5-10(8-14)6-4-9/h3-7H,1-2H3/b11-7-. The van der Waals surface area contributed by atoms with Gasteiger partial charge in [0.25, 0.3) is 5.91 Å². The average Bonchev–Trinajstić information content (AvgIpc) is 2.57. The van der Waals surface area contributed by atoms with E-state index in [1.54, 1.807) is 49.3 Å². The fraction of sp³-hybridized carbons (Fsp3) is 0.154. The number of hydrogen-bond donors (Lipinski definition) is 0. The van der Waals surface area contributed by atoms with Crippen LogP contribution in [-0.4, -0.2) is 34.9 Å². The minimum atomic E-state index is -0.119. The maximum Gasteiger partial charge on any atom is 0.276 e. The van der Waals surface area contributed by atoms with Crippen molar-refractivity contribution in [2.24, 2.45) is 0 Å². The zero-order valence-corrected chi connectivity index (χ0v) is 10.9. The molecular formula is C13H11N3OS. The fourth-order valence-electron chi connectivity index (χ4n) is 1.70. The third-order valence-corrected chi connectivity index (χ3v) is 3.35. The first-order valence-corrected chi connectivity index (χ1v) is 5.73. The predicted molar refractivity (Wildman–Crippen MR) is 72.3 cm³/mol. The van der Waals surface area contributed by atoms with E-state index in [1.807, 2.05) is 0 Å². The van der Waals surface area contributed by atoms with Crippen LogP contribution in [0.3, 0.4) is 0 Å². The Morgan fingerprint density at radius 3 is 2.28 bits per heavy atom. The zero-order valence-electron chi connectivity index (χ0n) is 10.0. The first-order chi connectivity index (χ1) is 8.54.